The fraction of sp³-hybridized carbons (Fsp3) is 0.143. The summed E-state index contributed by atoms with van der Waals surface area (Å²) >= 11 is 0. The standard InChI is InChI=1S/C14H10FN3O3/c1-21-14(20)12-4-5-13(19)18(17-12)8-10-6-9(7-16)2-3-11(10)15/h2-6H,8H2,1H3. The Morgan fingerprint density at radius 1 is 1.43 bits per heavy atom. The van der Waals surface area contributed by atoms with Crippen molar-refractivity contribution in [3.05, 3.63) is 63.3 Å². The lowest BCUT2D eigenvalue weighted by Crippen LogP contribution is -2.25. The Morgan fingerprint density at radius 2 is 2.19 bits per heavy atom. The van der Waals surface area contributed by atoms with Crippen LogP contribution in [0, 0.1) is 17.1 Å². The SMILES string of the molecule is COC(=O)c1ccc(=O)n(Cc2cc(C#N)ccc2F)n1. The van der Waals surface area contributed by atoms with Crippen LogP contribution in [0.25, 0.3) is 0 Å². The maximum absolute atomic E-state index is 13.7. The molecular formula is C14H10FN3O3. The summed E-state index contributed by atoms with van der Waals surface area (Å²) in [5.41, 5.74) is -0.160. The molecule has 0 saturated heterocycles. The minimum absolute atomic E-state index is 0.0612. The average molecular weight is 287 g/mol. The van der Waals surface area contributed by atoms with Crippen LogP contribution >= 0.6 is 0 Å². The van der Waals surface area contributed by atoms with Crippen molar-refractivity contribution < 1.29 is 13.9 Å². The molecule has 2 rings (SSSR count). The van der Waals surface area contributed by atoms with Gasteiger partial charge in [-0.1, -0.05) is 0 Å². The van der Waals surface area contributed by atoms with Crippen molar-refractivity contribution in [1.29, 1.82) is 5.26 Å². The van der Waals surface area contributed by atoms with Crippen LogP contribution in [0.15, 0.2) is 35.1 Å². The summed E-state index contributed by atoms with van der Waals surface area (Å²) in [6.07, 6.45) is 0. The lowest BCUT2D eigenvalue weighted by Gasteiger charge is -2.07. The van der Waals surface area contributed by atoms with E-state index in [2.05, 4.69) is 9.84 Å². The van der Waals surface area contributed by atoms with Crippen molar-refractivity contribution in [1.82, 2.24) is 9.78 Å². The highest BCUT2D eigenvalue weighted by Gasteiger charge is 2.11. The number of rotatable bonds is 3. The summed E-state index contributed by atoms with van der Waals surface area (Å²) < 4.78 is 19.1. The molecule has 0 aliphatic carbocycles. The van der Waals surface area contributed by atoms with Crippen LogP contribution in [-0.2, 0) is 11.3 Å². The molecule has 2 aromatic rings. The third kappa shape index (κ3) is 3.12. The van der Waals surface area contributed by atoms with Crippen LogP contribution in [0.3, 0.4) is 0 Å². The second-order valence-electron chi connectivity index (χ2n) is 4.12. The molecular weight excluding hydrogens is 277 g/mol. The van der Waals surface area contributed by atoms with Crippen LogP contribution in [0.4, 0.5) is 4.39 Å². The second kappa shape index (κ2) is 5.96. The van der Waals surface area contributed by atoms with Gasteiger partial charge in [0.25, 0.3) is 5.56 Å². The molecule has 0 spiro atoms. The highest BCUT2D eigenvalue weighted by atomic mass is 19.1. The zero-order chi connectivity index (χ0) is 15.4. The predicted molar refractivity (Wildman–Crippen MR) is 70.1 cm³/mol. The van der Waals surface area contributed by atoms with E-state index < -0.39 is 17.3 Å². The quantitative estimate of drug-likeness (QED) is 0.789. The van der Waals surface area contributed by atoms with Crippen molar-refractivity contribution in [2.45, 2.75) is 6.54 Å². The van der Waals surface area contributed by atoms with Crippen molar-refractivity contribution in [2.75, 3.05) is 7.11 Å². The predicted octanol–water partition coefficient (Wildman–Crippen LogP) is 1.09. The Labute approximate surface area is 119 Å². The van der Waals surface area contributed by atoms with E-state index in [0.29, 0.717) is 0 Å². The summed E-state index contributed by atoms with van der Waals surface area (Å²) in [5, 5.41) is 12.6. The Kier molecular flexibility index (Phi) is 4.09. The van der Waals surface area contributed by atoms with Crippen molar-refractivity contribution in [3.8, 4) is 6.07 Å². The number of hydrogen-bond donors (Lipinski definition) is 0. The van der Waals surface area contributed by atoms with E-state index in [-0.39, 0.29) is 23.4 Å². The second-order valence-corrected chi connectivity index (χ2v) is 4.12. The number of halogens is 1. The first-order chi connectivity index (χ1) is 10.0. The molecule has 0 amide bonds. The normalized spacial score (nSPS) is 9.95. The Balaban J connectivity index is 2.42. The molecule has 106 valence electrons. The third-order valence-corrected chi connectivity index (χ3v) is 2.76. The highest BCUT2D eigenvalue weighted by Crippen LogP contribution is 2.11. The topological polar surface area (TPSA) is 85.0 Å². The van der Waals surface area contributed by atoms with Gasteiger partial charge in [-0.05, 0) is 24.3 Å². The van der Waals surface area contributed by atoms with Crippen molar-refractivity contribution in [2.24, 2.45) is 0 Å². The van der Waals surface area contributed by atoms with Gasteiger partial charge in [-0.25, -0.2) is 13.9 Å². The molecule has 7 heteroatoms. The fourth-order valence-corrected chi connectivity index (χ4v) is 1.70. The van der Waals surface area contributed by atoms with Gasteiger partial charge < -0.3 is 4.74 Å². The fourth-order valence-electron chi connectivity index (χ4n) is 1.70. The van der Waals surface area contributed by atoms with Crippen LogP contribution in [0.2, 0.25) is 0 Å². The molecule has 1 aromatic carbocycles. The maximum atomic E-state index is 13.7. The molecule has 0 aliphatic rings. The number of hydrogen-bond acceptors (Lipinski definition) is 5. The summed E-state index contributed by atoms with van der Waals surface area (Å²) in [4.78, 5) is 23.1. The molecule has 0 atom stereocenters. The van der Waals surface area contributed by atoms with Gasteiger partial charge in [0.2, 0.25) is 0 Å². The average Bonchev–Trinajstić information content (AvgIpc) is 2.50. The molecule has 0 N–H and O–H groups in total. The molecule has 0 fully saturated rings. The Bertz CT molecular complexity index is 793. The zero-order valence-corrected chi connectivity index (χ0v) is 11.0. The summed E-state index contributed by atoms with van der Waals surface area (Å²) in [5.74, 6) is -1.26. The first kappa shape index (κ1) is 14.4. The van der Waals surface area contributed by atoms with Gasteiger partial charge in [-0.3, -0.25) is 4.79 Å². The summed E-state index contributed by atoms with van der Waals surface area (Å²) in [7, 11) is 1.19. The molecule has 0 bridgehead atoms. The number of ether oxygens (including phenoxy) is 1. The molecule has 0 saturated carbocycles. The molecule has 1 aromatic heterocycles. The van der Waals surface area contributed by atoms with Crippen LogP contribution in [-0.4, -0.2) is 22.9 Å². The number of benzene rings is 1. The van der Waals surface area contributed by atoms with Crippen LogP contribution < -0.4 is 5.56 Å². The van der Waals surface area contributed by atoms with Crippen molar-refractivity contribution >= 4 is 5.97 Å². The highest BCUT2D eigenvalue weighted by molar-refractivity contribution is 5.86. The molecule has 6 nitrogen and oxygen atoms in total. The van der Waals surface area contributed by atoms with E-state index in [4.69, 9.17) is 5.26 Å². The molecule has 0 unspecified atom stereocenters. The van der Waals surface area contributed by atoms with E-state index in [0.717, 1.165) is 16.8 Å². The van der Waals surface area contributed by atoms with Gasteiger partial charge in [0.1, 0.15) is 5.82 Å². The number of carbonyl (C=O) groups is 1. The van der Waals surface area contributed by atoms with Gasteiger partial charge >= 0.3 is 5.97 Å². The smallest absolute Gasteiger partial charge is 0.358 e. The number of aromatic nitrogens is 2. The van der Waals surface area contributed by atoms with E-state index in [1.165, 1.54) is 25.3 Å². The number of nitriles is 1. The zero-order valence-electron chi connectivity index (χ0n) is 11.0. The first-order valence-corrected chi connectivity index (χ1v) is 5.90. The third-order valence-electron chi connectivity index (χ3n) is 2.76. The largest absolute Gasteiger partial charge is 0.464 e. The number of methoxy groups -OCH3 is 1. The van der Waals surface area contributed by atoms with Gasteiger partial charge in [-0.15, -0.1) is 0 Å². The van der Waals surface area contributed by atoms with Crippen LogP contribution in [0.5, 0.6) is 0 Å². The number of esters is 1. The summed E-state index contributed by atoms with van der Waals surface area (Å²) in [6, 6.07) is 8.06. The van der Waals surface area contributed by atoms with Gasteiger partial charge in [0.05, 0.1) is 25.3 Å². The lowest BCUT2D eigenvalue weighted by atomic mass is 10.1. The minimum Gasteiger partial charge on any atom is -0.464 e. The maximum Gasteiger partial charge on any atom is 0.358 e. The minimum atomic E-state index is -0.699. The van der Waals surface area contributed by atoms with Crippen LogP contribution in [0.1, 0.15) is 21.6 Å². The molecule has 0 aliphatic heterocycles. The number of carbonyl (C=O) groups excluding carboxylic acids is 1. The van der Waals surface area contributed by atoms with Gasteiger partial charge in [0, 0.05) is 11.6 Å². The summed E-state index contributed by atoms with van der Waals surface area (Å²) in [6.45, 7) is -0.189. The Hall–Kier alpha value is -3.01. The lowest BCUT2D eigenvalue weighted by molar-refractivity contribution is 0.0591. The van der Waals surface area contributed by atoms with Gasteiger partial charge in [0.15, 0.2) is 5.69 Å². The van der Waals surface area contributed by atoms with E-state index in [1.807, 2.05) is 6.07 Å². The van der Waals surface area contributed by atoms with Crippen molar-refractivity contribution in [3.63, 3.8) is 0 Å². The molecule has 0 radical (unpaired) electrons. The molecule has 21 heavy (non-hydrogen) atoms. The first-order valence-electron chi connectivity index (χ1n) is 5.90. The van der Waals surface area contributed by atoms with E-state index in [1.54, 1.807) is 0 Å². The van der Waals surface area contributed by atoms with E-state index >= 15 is 0 Å². The molecule has 1 heterocycles. The number of nitrogens with zero attached hydrogens (tertiary/aromatic N) is 3. The van der Waals surface area contributed by atoms with Gasteiger partial charge in [-0.2, -0.15) is 10.4 Å². The van der Waals surface area contributed by atoms with E-state index in [9.17, 15) is 14.0 Å². The Morgan fingerprint density at radius 3 is 2.86 bits per heavy atom. The monoisotopic (exact) mass is 287 g/mol.